The Morgan fingerprint density at radius 1 is 1.53 bits per heavy atom. The van der Waals surface area contributed by atoms with Gasteiger partial charge in [0.25, 0.3) is 0 Å². The maximum atomic E-state index is 11.7. The molecule has 0 spiro atoms. The summed E-state index contributed by atoms with van der Waals surface area (Å²) in [6.07, 6.45) is 1.40. The molecule has 1 aromatic carbocycles. The third-order valence-corrected chi connectivity index (χ3v) is 2.92. The number of ether oxygens (including phenoxy) is 1. The number of nitrogens with zero attached hydrogens (tertiary/aromatic N) is 2. The van der Waals surface area contributed by atoms with Gasteiger partial charge >= 0.3 is 5.97 Å². The Bertz CT molecular complexity index is 622. The standard InChI is InChI=1S/C13H14ClN3O2/c1-3-19-13(18)10-7-16-17(12(10)15)11-5-4-9(14)6-8(11)2/h4-7H,3,15H2,1-2H3. The van der Waals surface area contributed by atoms with Crippen LogP contribution in [0.5, 0.6) is 0 Å². The second-order valence-corrected chi connectivity index (χ2v) is 4.44. The van der Waals surface area contributed by atoms with Gasteiger partial charge in [0.1, 0.15) is 11.4 Å². The van der Waals surface area contributed by atoms with Gasteiger partial charge in [0.05, 0.1) is 18.5 Å². The molecule has 0 aliphatic rings. The van der Waals surface area contributed by atoms with Crippen LogP contribution in [0, 0.1) is 6.92 Å². The van der Waals surface area contributed by atoms with Gasteiger partial charge in [-0.1, -0.05) is 11.6 Å². The number of aromatic nitrogens is 2. The zero-order valence-electron chi connectivity index (χ0n) is 10.7. The highest BCUT2D eigenvalue weighted by Gasteiger charge is 2.17. The van der Waals surface area contributed by atoms with Crippen molar-refractivity contribution in [2.24, 2.45) is 0 Å². The highest BCUT2D eigenvalue weighted by molar-refractivity contribution is 6.30. The Morgan fingerprint density at radius 3 is 2.89 bits per heavy atom. The quantitative estimate of drug-likeness (QED) is 0.877. The number of hydrogen-bond donors (Lipinski definition) is 1. The van der Waals surface area contributed by atoms with Crippen LogP contribution in [0.3, 0.4) is 0 Å². The fourth-order valence-electron chi connectivity index (χ4n) is 1.77. The Labute approximate surface area is 115 Å². The number of nitrogen functional groups attached to an aromatic ring is 1. The van der Waals surface area contributed by atoms with Gasteiger partial charge < -0.3 is 10.5 Å². The Balaban J connectivity index is 2.44. The molecule has 0 fully saturated rings. The van der Waals surface area contributed by atoms with Crippen LogP contribution >= 0.6 is 11.6 Å². The van der Waals surface area contributed by atoms with E-state index in [1.807, 2.05) is 13.0 Å². The van der Waals surface area contributed by atoms with E-state index in [2.05, 4.69) is 5.10 Å². The summed E-state index contributed by atoms with van der Waals surface area (Å²) >= 11 is 5.91. The molecule has 0 atom stereocenters. The number of hydrogen-bond acceptors (Lipinski definition) is 4. The van der Waals surface area contributed by atoms with Crippen LogP contribution in [0.25, 0.3) is 5.69 Å². The normalized spacial score (nSPS) is 10.5. The summed E-state index contributed by atoms with van der Waals surface area (Å²) in [6, 6.07) is 5.35. The topological polar surface area (TPSA) is 70.1 Å². The molecule has 2 rings (SSSR count). The lowest BCUT2D eigenvalue weighted by atomic mass is 10.2. The molecule has 0 unspecified atom stereocenters. The number of anilines is 1. The molecule has 2 N–H and O–H groups in total. The van der Waals surface area contributed by atoms with Crippen molar-refractivity contribution < 1.29 is 9.53 Å². The van der Waals surface area contributed by atoms with Gasteiger partial charge in [-0.15, -0.1) is 0 Å². The van der Waals surface area contributed by atoms with Crippen LogP contribution in [0.2, 0.25) is 5.02 Å². The highest BCUT2D eigenvalue weighted by Crippen LogP contribution is 2.23. The third kappa shape index (κ3) is 2.56. The van der Waals surface area contributed by atoms with Crippen molar-refractivity contribution in [3.05, 3.63) is 40.5 Å². The molecule has 5 nitrogen and oxygen atoms in total. The van der Waals surface area contributed by atoms with Gasteiger partial charge in [0.15, 0.2) is 0 Å². The number of halogens is 1. The average Bonchev–Trinajstić information content (AvgIpc) is 2.72. The lowest BCUT2D eigenvalue weighted by Crippen LogP contribution is -2.09. The van der Waals surface area contributed by atoms with E-state index in [9.17, 15) is 4.79 Å². The van der Waals surface area contributed by atoms with Gasteiger partial charge in [-0.3, -0.25) is 0 Å². The number of carbonyl (C=O) groups is 1. The zero-order valence-corrected chi connectivity index (χ0v) is 11.4. The fourth-order valence-corrected chi connectivity index (χ4v) is 2.00. The molecule has 100 valence electrons. The van der Waals surface area contributed by atoms with Gasteiger partial charge in [0, 0.05) is 5.02 Å². The molecule has 1 heterocycles. The number of esters is 1. The van der Waals surface area contributed by atoms with E-state index in [-0.39, 0.29) is 11.4 Å². The lowest BCUT2D eigenvalue weighted by Gasteiger charge is -2.08. The number of benzene rings is 1. The molecule has 6 heteroatoms. The van der Waals surface area contributed by atoms with E-state index in [4.69, 9.17) is 22.1 Å². The van der Waals surface area contributed by atoms with Crippen LogP contribution in [0.15, 0.2) is 24.4 Å². The minimum Gasteiger partial charge on any atom is -0.462 e. The Morgan fingerprint density at radius 2 is 2.26 bits per heavy atom. The van der Waals surface area contributed by atoms with Crippen LogP contribution in [0.4, 0.5) is 5.82 Å². The molecule has 1 aromatic heterocycles. The summed E-state index contributed by atoms with van der Waals surface area (Å²) in [5.74, 6) is -0.221. The summed E-state index contributed by atoms with van der Waals surface area (Å²) in [4.78, 5) is 11.7. The minimum absolute atomic E-state index is 0.254. The summed E-state index contributed by atoms with van der Waals surface area (Å²) in [6.45, 7) is 3.93. The predicted molar refractivity (Wildman–Crippen MR) is 73.7 cm³/mol. The Kier molecular flexibility index (Phi) is 3.76. The molecule has 2 aromatic rings. The van der Waals surface area contributed by atoms with Crippen molar-refractivity contribution in [3.63, 3.8) is 0 Å². The zero-order chi connectivity index (χ0) is 14.0. The van der Waals surface area contributed by atoms with E-state index in [1.54, 1.807) is 19.1 Å². The van der Waals surface area contributed by atoms with E-state index in [0.717, 1.165) is 11.3 Å². The van der Waals surface area contributed by atoms with Crippen LogP contribution in [-0.4, -0.2) is 22.4 Å². The van der Waals surface area contributed by atoms with E-state index in [0.29, 0.717) is 11.6 Å². The Hall–Kier alpha value is -2.01. The molecule has 19 heavy (non-hydrogen) atoms. The second kappa shape index (κ2) is 5.32. The minimum atomic E-state index is -0.474. The first-order valence-electron chi connectivity index (χ1n) is 5.81. The van der Waals surface area contributed by atoms with Crippen molar-refractivity contribution in [3.8, 4) is 5.69 Å². The molecule has 0 saturated heterocycles. The lowest BCUT2D eigenvalue weighted by molar-refractivity contribution is 0.0527. The largest absolute Gasteiger partial charge is 0.462 e. The molecule has 0 bridgehead atoms. The second-order valence-electron chi connectivity index (χ2n) is 4.01. The van der Waals surface area contributed by atoms with Crippen molar-refractivity contribution in [1.82, 2.24) is 9.78 Å². The molecule has 0 radical (unpaired) electrons. The summed E-state index contributed by atoms with van der Waals surface area (Å²) in [5, 5.41) is 4.76. The van der Waals surface area contributed by atoms with Gasteiger partial charge in [-0.2, -0.15) is 5.10 Å². The molecule has 0 aliphatic heterocycles. The fraction of sp³-hybridized carbons (Fsp3) is 0.231. The summed E-state index contributed by atoms with van der Waals surface area (Å²) in [7, 11) is 0. The van der Waals surface area contributed by atoms with Gasteiger partial charge in [-0.05, 0) is 37.6 Å². The predicted octanol–water partition coefficient (Wildman–Crippen LogP) is 2.59. The number of nitrogens with two attached hydrogens (primary N) is 1. The van der Waals surface area contributed by atoms with Crippen molar-refractivity contribution in [2.75, 3.05) is 12.3 Å². The van der Waals surface area contributed by atoms with Crippen molar-refractivity contribution >= 4 is 23.4 Å². The molecule has 0 amide bonds. The van der Waals surface area contributed by atoms with E-state index < -0.39 is 5.97 Å². The maximum absolute atomic E-state index is 11.7. The van der Waals surface area contributed by atoms with E-state index >= 15 is 0 Å². The first-order chi connectivity index (χ1) is 9.04. The van der Waals surface area contributed by atoms with Gasteiger partial charge in [0.2, 0.25) is 0 Å². The molecule has 0 aliphatic carbocycles. The molecular weight excluding hydrogens is 266 g/mol. The smallest absolute Gasteiger partial charge is 0.343 e. The summed E-state index contributed by atoms with van der Waals surface area (Å²) < 4.78 is 6.41. The first kappa shape index (κ1) is 13.4. The highest BCUT2D eigenvalue weighted by atomic mass is 35.5. The maximum Gasteiger partial charge on any atom is 0.343 e. The SMILES string of the molecule is CCOC(=O)c1cnn(-c2ccc(Cl)cc2C)c1N. The molecule has 0 saturated carbocycles. The van der Waals surface area contributed by atoms with Crippen LogP contribution < -0.4 is 5.73 Å². The first-order valence-corrected chi connectivity index (χ1v) is 6.19. The van der Waals surface area contributed by atoms with E-state index in [1.165, 1.54) is 10.9 Å². The van der Waals surface area contributed by atoms with Crippen LogP contribution in [-0.2, 0) is 4.74 Å². The number of carbonyl (C=O) groups excluding carboxylic acids is 1. The number of rotatable bonds is 3. The van der Waals surface area contributed by atoms with Crippen LogP contribution in [0.1, 0.15) is 22.8 Å². The monoisotopic (exact) mass is 279 g/mol. The average molecular weight is 280 g/mol. The van der Waals surface area contributed by atoms with Gasteiger partial charge in [-0.25, -0.2) is 9.48 Å². The van der Waals surface area contributed by atoms with Crippen molar-refractivity contribution in [2.45, 2.75) is 13.8 Å². The van der Waals surface area contributed by atoms with Crippen molar-refractivity contribution in [1.29, 1.82) is 0 Å². The summed E-state index contributed by atoms with van der Waals surface area (Å²) in [5.41, 5.74) is 7.89. The molecular formula is C13H14ClN3O2. The number of aryl methyl sites for hydroxylation is 1. The third-order valence-electron chi connectivity index (χ3n) is 2.69.